The van der Waals surface area contributed by atoms with E-state index in [4.69, 9.17) is 15.0 Å². The van der Waals surface area contributed by atoms with Gasteiger partial charge in [0.2, 0.25) is 0 Å². The number of hydrogen-bond acceptors (Lipinski definition) is 3. The Hall–Kier alpha value is -6.97. The third kappa shape index (κ3) is 5.02. The summed E-state index contributed by atoms with van der Waals surface area (Å²) in [6.45, 7) is 0. The molecule has 0 aliphatic heterocycles. The van der Waals surface area contributed by atoms with Crippen LogP contribution in [0.4, 0.5) is 0 Å². The Morgan fingerprint density at radius 2 is 0.673 bits per heavy atom. The normalized spacial score (nSPS) is 11.5. The number of aromatic nitrogens is 3. The molecule has 52 heavy (non-hydrogen) atoms. The summed E-state index contributed by atoms with van der Waals surface area (Å²) in [5.74, 6) is 1.92. The summed E-state index contributed by atoms with van der Waals surface area (Å²) < 4.78 is 0. The molecule has 0 N–H and O–H groups in total. The van der Waals surface area contributed by atoms with Gasteiger partial charge < -0.3 is 0 Å². The molecule has 0 radical (unpaired) electrons. The van der Waals surface area contributed by atoms with Crippen LogP contribution in [-0.2, 0) is 0 Å². The topological polar surface area (TPSA) is 38.7 Å². The maximum atomic E-state index is 5.19. The van der Waals surface area contributed by atoms with Crippen molar-refractivity contribution in [2.75, 3.05) is 0 Å². The quantitative estimate of drug-likeness (QED) is 0.172. The summed E-state index contributed by atoms with van der Waals surface area (Å²) in [6, 6.07) is 66.3. The number of fused-ring (bicyclic) bond motifs is 8. The van der Waals surface area contributed by atoms with Crippen molar-refractivity contribution in [1.29, 1.82) is 0 Å². The molecule has 9 aromatic carbocycles. The predicted molar refractivity (Wildman–Crippen MR) is 217 cm³/mol. The number of nitrogens with zero attached hydrogens (tertiary/aromatic N) is 3. The van der Waals surface area contributed by atoms with Crippen molar-refractivity contribution < 1.29 is 0 Å². The molecule has 0 aliphatic rings. The van der Waals surface area contributed by atoms with Gasteiger partial charge in [0.1, 0.15) is 0 Å². The lowest BCUT2D eigenvalue weighted by Gasteiger charge is -2.16. The Morgan fingerprint density at radius 1 is 0.231 bits per heavy atom. The molecule has 0 saturated carbocycles. The highest BCUT2D eigenvalue weighted by atomic mass is 15.0. The van der Waals surface area contributed by atoms with Crippen LogP contribution in [0.2, 0.25) is 0 Å². The first-order valence-corrected chi connectivity index (χ1v) is 17.6. The second-order valence-electron chi connectivity index (χ2n) is 13.1. The summed E-state index contributed by atoms with van der Waals surface area (Å²) in [7, 11) is 0. The molecule has 1 heterocycles. The highest BCUT2D eigenvalue weighted by Crippen LogP contribution is 2.43. The van der Waals surface area contributed by atoms with Crippen LogP contribution in [0, 0.1) is 0 Å². The zero-order valence-electron chi connectivity index (χ0n) is 28.2. The van der Waals surface area contributed by atoms with E-state index in [1.54, 1.807) is 0 Å². The molecular formula is C49H31N3. The maximum absolute atomic E-state index is 5.19. The largest absolute Gasteiger partial charge is 0.208 e. The monoisotopic (exact) mass is 661 g/mol. The number of rotatable bonds is 5. The van der Waals surface area contributed by atoms with Gasteiger partial charge in [0, 0.05) is 16.7 Å². The molecule has 1 aromatic heterocycles. The zero-order chi connectivity index (χ0) is 34.4. The third-order valence-electron chi connectivity index (χ3n) is 10.1. The Morgan fingerprint density at radius 3 is 1.37 bits per heavy atom. The summed E-state index contributed by atoms with van der Waals surface area (Å²) in [5, 5.41) is 10.1. The summed E-state index contributed by atoms with van der Waals surface area (Å²) in [4.78, 5) is 15.4. The van der Waals surface area contributed by atoms with E-state index in [-0.39, 0.29) is 0 Å². The van der Waals surface area contributed by atoms with Crippen molar-refractivity contribution in [2.24, 2.45) is 0 Å². The van der Waals surface area contributed by atoms with Gasteiger partial charge in [-0.2, -0.15) is 0 Å². The van der Waals surface area contributed by atoms with Crippen molar-refractivity contribution in [3.63, 3.8) is 0 Å². The van der Waals surface area contributed by atoms with Crippen molar-refractivity contribution in [3.05, 3.63) is 188 Å². The number of hydrogen-bond donors (Lipinski definition) is 0. The standard InChI is InChI=1S/C49H31N3/c1-3-16-32(17-4-1)36-22-7-14-29-43(36)49-51-47(33-18-5-2-6-19-33)50-48(52-49)35-21-15-20-34(30-35)44-31-45-39-25-9-8-23-37(39)38-24-10-12-27-41(38)46(45)42-28-13-11-26-40(42)44/h1-31H. The summed E-state index contributed by atoms with van der Waals surface area (Å²) >= 11 is 0. The molecule has 10 aromatic rings. The fourth-order valence-electron chi connectivity index (χ4n) is 7.72. The van der Waals surface area contributed by atoms with Crippen LogP contribution in [0.1, 0.15) is 0 Å². The first-order chi connectivity index (χ1) is 25.8. The van der Waals surface area contributed by atoms with Gasteiger partial charge in [-0.25, -0.2) is 15.0 Å². The Kier molecular flexibility index (Phi) is 7.14. The zero-order valence-corrected chi connectivity index (χ0v) is 28.2. The minimum atomic E-state index is 0.634. The van der Waals surface area contributed by atoms with Gasteiger partial charge in [-0.1, -0.05) is 176 Å². The van der Waals surface area contributed by atoms with Crippen molar-refractivity contribution in [3.8, 4) is 56.4 Å². The maximum Gasteiger partial charge on any atom is 0.164 e. The number of benzene rings is 9. The van der Waals surface area contributed by atoms with Gasteiger partial charge in [0.15, 0.2) is 17.5 Å². The predicted octanol–water partition coefficient (Wildman–Crippen LogP) is 12.8. The van der Waals surface area contributed by atoms with Gasteiger partial charge >= 0.3 is 0 Å². The molecule has 0 spiro atoms. The van der Waals surface area contributed by atoms with E-state index < -0.39 is 0 Å². The summed E-state index contributed by atoms with van der Waals surface area (Å²) in [6.07, 6.45) is 0. The fourth-order valence-corrected chi connectivity index (χ4v) is 7.72. The van der Waals surface area contributed by atoms with Crippen LogP contribution in [0.25, 0.3) is 99.5 Å². The lowest BCUT2D eigenvalue weighted by atomic mass is 9.87. The van der Waals surface area contributed by atoms with E-state index in [0.29, 0.717) is 17.5 Å². The van der Waals surface area contributed by atoms with E-state index in [2.05, 4.69) is 158 Å². The molecule has 0 saturated heterocycles. The first-order valence-electron chi connectivity index (χ1n) is 17.6. The fraction of sp³-hybridized carbons (Fsp3) is 0. The highest BCUT2D eigenvalue weighted by molar-refractivity contribution is 6.33. The molecule has 0 aliphatic carbocycles. The first kappa shape index (κ1) is 29.9. The molecule has 0 amide bonds. The van der Waals surface area contributed by atoms with Gasteiger partial charge in [0.25, 0.3) is 0 Å². The average molecular weight is 662 g/mol. The third-order valence-corrected chi connectivity index (χ3v) is 10.1. The summed E-state index contributed by atoms with van der Waals surface area (Å²) in [5.41, 5.74) is 7.33. The average Bonchev–Trinajstić information content (AvgIpc) is 3.24. The van der Waals surface area contributed by atoms with Crippen molar-refractivity contribution >= 4 is 43.1 Å². The van der Waals surface area contributed by atoms with Crippen LogP contribution < -0.4 is 0 Å². The molecule has 0 bridgehead atoms. The second-order valence-corrected chi connectivity index (χ2v) is 13.1. The van der Waals surface area contributed by atoms with Crippen LogP contribution in [-0.4, -0.2) is 15.0 Å². The van der Waals surface area contributed by atoms with Gasteiger partial charge in [-0.05, 0) is 77.5 Å². The Labute approximate surface area is 301 Å². The van der Waals surface area contributed by atoms with E-state index in [9.17, 15) is 0 Å². The SMILES string of the molecule is c1ccc(-c2nc(-c3cccc(-c4cc5c6ccccc6c6ccccc6c5c5ccccc45)c3)nc(-c3ccccc3-c3ccccc3)n2)cc1. The van der Waals surface area contributed by atoms with E-state index >= 15 is 0 Å². The van der Waals surface area contributed by atoms with Crippen LogP contribution in [0.15, 0.2) is 188 Å². The van der Waals surface area contributed by atoms with E-state index in [0.717, 1.165) is 33.4 Å². The van der Waals surface area contributed by atoms with Crippen molar-refractivity contribution in [1.82, 2.24) is 15.0 Å². The van der Waals surface area contributed by atoms with Crippen LogP contribution >= 0.6 is 0 Å². The van der Waals surface area contributed by atoms with Crippen molar-refractivity contribution in [2.45, 2.75) is 0 Å². The molecule has 0 unspecified atom stereocenters. The molecule has 242 valence electrons. The van der Waals surface area contributed by atoms with E-state index in [1.807, 2.05) is 30.3 Å². The minimum absolute atomic E-state index is 0.634. The molecule has 0 fully saturated rings. The lowest BCUT2D eigenvalue weighted by molar-refractivity contribution is 1.07. The Bertz CT molecular complexity index is 2950. The lowest BCUT2D eigenvalue weighted by Crippen LogP contribution is -2.01. The van der Waals surface area contributed by atoms with Gasteiger partial charge in [0.05, 0.1) is 0 Å². The van der Waals surface area contributed by atoms with E-state index in [1.165, 1.54) is 48.7 Å². The second kappa shape index (κ2) is 12.4. The minimum Gasteiger partial charge on any atom is -0.208 e. The van der Waals surface area contributed by atoms with Crippen LogP contribution in [0.3, 0.4) is 0 Å². The van der Waals surface area contributed by atoms with Gasteiger partial charge in [-0.15, -0.1) is 0 Å². The van der Waals surface area contributed by atoms with Crippen LogP contribution in [0.5, 0.6) is 0 Å². The smallest absolute Gasteiger partial charge is 0.164 e. The molecule has 0 atom stereocenters. The highest BCUT2D eigenvalue weighted by Gasteiger charge is 2.18. The molecule has 10 rings (SSSR count). The molecule has 3 heteroatoms. The van der Waals surface area contributed by atoms with Gasteiger partial charge in [-0.3, -0.25) is 0 Å². The molecular weight excluding hydrogens is 631 g/mol. The Balaban J connectivity index is 1.20. The molecule has 3 nitrogen and oxygen atoms in total.